The van der Waals surface area contributed by atoms with E-state index in [1.807, 2.05) is 42.5 Å². The minimum atomic E-state index is -0.376. The van der Waals surface area contributed by atoms with Gasteiger partial charge in [0.25, 0.3) is 5.91 Å². The number of hydrogen-bond acceptors (Lipinski definition) is 5. The first-order valence-corrected chi connectivity index (χ1v) is 11.0. The molecular weight excluding hydrogens is 416 g/mol. The molecule has 7 nitrogen and oxygen atoms in total. The van der Waals surface area contributed by atoms with Crippen LogP contribution in [0.1, 0.15) is 48.7 Å². The van der Waals surface area contributed by atoms with Gasteiger partial charge in [0.2, 0.25) is 0 Å². The highest BCUT2D eigenvalue weighted by Gasteiger charge is 2.42. The average molecular weight is 443 g/mol. The summed E-state index contributed by atoms with van der Waals surface area (Å²) in [4.78, 5) is 26.5. The first-order valence-electron chi connectivity index (χ1n) is 11.0. The van der Waals surface area contributed by atoms with Gasteiger partial charge in [-0.25, -0.2) is 4.68 Å². The Kier molecular flexibility index (Phi) is 5.04. The summed E-state index contributed by atoms with van der Waals surface area (Å²) in [5.74, 6) is 1.08. The molecule has 5 rings (SSSR count). The predicted octanol–water partition coefficient (Wildman–Crippen LogP) is 4.80. The fourth-order valence-corrected chi connectivity index (χ4v) is 4.72. The third-order valence-corrected chi connectivity index (χ3v) is 6.19. The van der Waals surface area contributed by atoms with E-state index in [1.165, 1.54) is 0 Å². The Morgan fingerprint density at radius 2 is 1.94 bits per heavy atom. The lowest BCUT2D eigenvalue weighted by Crippen LogP contribution is -2.36. The van der Waals surface area contributed by atoms with E-state index in [-0.39, 0.29) is 23.1 Å². The quantitative estimate of drug-likeness (QED) is 0.606. The number of carbonyl (C=O) groups excluding carboxylic acids is 2. The molecule has 33 heavy (non-hydrogen) atoms. The van der Waals surface area contributed by atoms with E-state index in [2.05, 4.69) is 29.6 Å². The zero-order chi connectivity index (χ0) is 23.2. The lowest BCUT2D eigenvalue weighted by Gasteiger charge is -2.39. The molecule has 1 aliphatic heterocycles. The summed E-state index contributed by atoms with van der Waals surface area (Å²) in [6, 6.07) is 16.7. The summed E-state index contributed by atoms with van der Waals surface area (Å²) in [7, 11) is 1.58. The Labute approximate surface area is 192 Å². The van der Waals surface area contributed by atoms with Crippen molar-refractivity contribution >= 4 is 23.2 Å². The maximum atomic E-state index is 13.2. The number of Topliss-reactive ketones (excluding diaryl/α,β-unsaturated/α-hetero) is 1. The third kappa shape index (κ3) is 3.80. The van der Waals surface area contributed by atoms with Crippen LogP contribution in [-0.2, 0) is 4.79 Å². The third-order valence-electron chi connectivity index (χ3n) is 6.19. The van der Waals surface area contributed by atoms with Crippen molar-refractivity contribution in [3.05, 3.63) is 83.2 Å². The number of allylic oxidation sites excluding steroid dienone is 2. The van der Waals surface area contributed by atoms with Gasteiger partial charge < -0.3 is 15.4 Å². The standard InChI is InChI=1S/C26H26N4O3/c1-26(2)13-20-22(21(31)14-26)23(16-8-5-4-6-9-16)30-24(29-20)19(15-27-30)25(32)28-17-10-7-11-18(12-17)33-3/h4-12,15,23,29H,13-14H2,1-3H3,(H,28,32)/t23-/m0/s1. The van der Waals surface area contributed by atoms with Crippen molar-refractivity contribution in [1.82, 2.24) is 9.78 Å². The van der Waals surface area contributed by atoms with Gasteiger partial charge in [-0.2, -0.15) is 5.10 Å². The van der Waals surface area contributed by atoms with Gasteiger partial charge in [0, 0.05) is 29.4 Å². The summed E-state index contributed by atoms with van der Waals surface area (Å²) >= 11 is 0. The molecule has 1 aromatic heterocycles. The summed E-state index contributed by atoms with van der Waals surface area (Å²) in [5.41, 5.74) is 3.45. The fraction of sp³-hybridized carbons (Fsp3) is 0.269. The zero-order valence-electron chi connectivity index (χ0n) is 18.9. The lowest BCUT2D eigenvalue weighted by atomic mass is 9.73. The van der Waals surface area contributed by atoms with Crippen LogP contribution < -0.4 is 15.4 Å². The van der Waals surface area contributed by atoms with Crippen LogP contribution in [0.5, 0.6) is 5.75 Å². The highest BCUT2D eigenvalue weighted by atomic mass is 16.5. The van der Waals surface area contributed by atoms with Gasteiger partial charge in [0.05, 0.1) is 13.3 Å². The number of aromatic nitrogens is 2. The van der Waals surface area contributed by atoms with Crippen molar-refractivity contribution < 1.29 is 14.3 Å². The second kappa shape index (κ2) is 7.92. The normalized spacial score (nSPS) is 18.8. The molecule has 0 unspecified atom stereocenters. The van der Waals surface area contributed by atoms with Gasteiger partial charge in [-0.05, 0) is 29.5 Å². The monoisotopic (exact) mass is 442 g/mol. The van der Waals surface area contributed by atoms with E-state index >= 15 is 0 Å². The van der Waals surface area contributed by atoms with Crippen LogP contribution in [0, 0.1) is 5.41 Å². The Morgan fingerprint density at radius 1 is 1.15 bits per heavy atom. The van der Waals surface area contributed by atoms with Crippen LogP contribution in [0.2, 0.25) is 0 Å². The van der Waals surface area contributed by atoms with Crippen molar-refractivity contribution in [2.45, 2.75) is 32.7 Å². The maximum Gasteiger partial charge on any atom is 0.261 e. The molecule has 1 atom stereocenters. The topological polar surface area (TPSA) is 85.2 Å². The van der Waals surface area contributed by atoms with E-state index in [1.54, 1.807) is 30.1 Å². The number of anilines is 2. The molecule has 1 aliphatic carbocycles. The number of benzene rings is 2. The van der Waals surface area contributed by atoms with Crippen molar-refractivity contribution in [2.24, 2.45) is 5.41 Å². The summed E-state index contributed by atoms with van der Waals surface area (Å²) in [5, 5.41) is 10.9. The molecule has 0 saturated heterocycles. The molecule has 2 aliphatic rings. The minimum Gasteiger partial charge on any atom is -0.497 e. The molecule has 0 fully saturated rings. The number of carbonyl (C=O) groups is 2. The fourth-order valence-electron chi connectivity index (χ4n) is 4.72. The molecule has 2 N–H and O–H groups in total. The number of hydrogen-bond donors (Lipinski definition) is 2. The van der Waals surface area contributed by atoms with Crippen molar-refractivity contribution in [1.29, 1.82) is 0 Å². The number of fused-ring (bicyclic) bond motifs is 1. The van der Waals surface area contributed by atoms with Gasteiger partial charge in [0.1, 0.15) is 23.2 Å². The molecule has 0 saturated carbocycles. The van der Waals surface area contributed by atoms with Crippen LogP contribution >= 0.6 is 0 Å². The molecule has 7 heteroatoms. The van der Waals surface area contributed by atoms with E-state index in [4.69, 9.17) is 4.74 Å². The second-order valence-corrected chi connectivity index (χ2v) is 9.31. The van der Waals surface area contributed by atoms with Crippen molar-refractivity contribution in [3.8, 4) is 5.75 Å². The maximum absolute atomic E-state index is 13.2. The summed E-state index contributed by atoms with van der Waals surface area (Å²) in [6.07, 6.45) is 2.76. The second-order valence-electron chi connectivity index (χ2n) is 9.31. The molecular formula is C26H26N4O3. The van der Waals surface area contributed by atoms with Crippen LogP contribution in [0.25, 0.3) is 0 Å². The van der Waals surface area contributed by atoms with E-state index in [0.717, 1.165) is 23.3 Å². The van der Waals surface area contributed by atoms with Crippen LogP contribution in [0.4, 0.5) is 11.5 Å². The largest absolute Gasteiger partial charge is 0.497 e. The SMILES string of the molecule is COc1cccc(NC(=O)c2cnn3c2NC2=C(C(=O)CC(C)(C)C2)[C@@H]3c2ccccc2)c1. The number of methoxy groups -OCH3 is 1. The number of nitrogens with zero attached hydrogens (tertiary/aromatic N) is 2. The number of amides is 1. The van der Waals surface area contributed by atoms with E-state index in [0.29, 0.717) is 29.2 Å². The molecule has 1 amide bonds. The van der Waals surface area contributed by atoms with Gasteiger partial charge in [-0.3, -0.25) is 9.59 Å². The highest BCUT2D eigenvalue weighted by molar-refractivity contribution is 6.08. The van der Waals surface area contributed by atoms with Crippen LogP contribution in [-0.4, -0.2) is 28.6 Å². The number of nitrogens with one attached hydrogen (secondary N) is 2. The average Bonchev–Trinajstić information content (AvgIpc) is 3.21. The molecule has 0 radical (unpaired) electrons. The lowest BCUT2D eigenvalue weighted by molar-refractivity contribution is -0.118. The zero-order valence-corrected chi connectivity index (χ0v) is 18.9. The van der Waals surface area contributed by atoms with Gasteiger partial charge in [0.15, 0.2) is 5.78 Å². The van der Waals surface area contributed by atoms with Crippen molar-refractivity contribution in [3.63, 3.8) is 0 Å². The summed E-state index contributed by atoms with van der Waals surface area (Å²) in [6.45, 7) is 4.19. The minimum absolute atomic E-state index is 0.117. The molecule has 0 spiro atoms. The Hall–Kier alpha value is -3.87. The van der Waals surface area contributed by atoms with Gasteiger partial charge in [-0.15, -0.1) is 0 Å². The summed E-state index contributed by atoms with van der Waals surface area (Å²) < 4.78 is 7.01. The Bertz CT molecular complexity index is 1270. The van der Waals surface area contributed by atoms with Crippen LogP contribution in [0.3, 0.4) is 0 Å². The molecule has 168 valence electrons. The molecule has 2 aromatic carbocycles. The predicted molar refractivity (Wildman–Crippen MR) is 126 cm³/mol. The first-order chi connectivity index (χ1) is 15.9. The molecule has 2 heterocycles. The smallest absolute Gasteiger partial charge is 0.261 e. The highest BCUT2D eigenvalue weighted by Crippen LogP contribution is 2.46. The Balaban J connectivity index is 1.57. The van der Waals surface area contributed by atoms with Gasteiger partial charge >= 0.3 is 0 Å². The molecule has 0 bridgehead atoms. The number of ketones is 1. The molecule has 3 aromatic rings. The number of ether oxygens (including phenoxy) is 1. The first kappa shape index (κ1) is 21.0. The van der Waals surface area contributed by atoms with E-state index < -0.39 is 0 Å². The number of rotatable bonds is 4. The van der Waals surface area contributed by atoms with E-state index in [9.17, 15) is 9.59 Å². The van der Waals surface area contributed by atoms with Crippen molar-refractivity contribution in [2.75, 3.05) is 17.7 Å². The van der Waals surface area contributed by atoms with Crippen LogP contribution in [0.15, 0.2) is 72.1 Å². The van der Waals surface area contributed by atoms with Gasteiger partial charge in [-0.1, -0.05) is 50.2 Å². The Morgan fingerprint density at radius 3 is 2.70 bits per heavy atom.